The van der Waals surface area contributed by atoms with Crippen LogP contribution in [-0.2, 0) is 6.18 Å². The molecule has 106 valence electrons. The predicted molar refractivity (Wildman–Crippen MR) is 74.7 cm³/mol. The molecule has 0 bridgehead atoms. The van der Waals surface area contributed by atoms with Crippen molar-refractivity contribution in [1.82, 2.24) is 4.98 Å². The van der Waals surface area contributed by atoms with E-state index in [0.29, 0.717) is 0 Å². The van der Waals surface area contributed by atoms with Crippen molar-refractivity contribution in [2.24, 2.45) is 0 Å². The molecule has 0 fully saturated rings. The maximum atomic E-state index is 13.0. The van der Waals surface area contributed by atoms with Crippen molar-refractivity contribution >= 4 is 46.4 Å². The maximum absolute atomic E-state index is 13.0. The molecule has 0 N–H and O–H groups in total. The summed E-state index contributed by atoms with van der Waals surface area (Å²) < 4.78 is 39.0. The van der Waals surface area contributed by atoms with Gasteiger partial charge >= 0.3 is 6.18 Å². The third-order valence-electron chi connectivity index (χ3n) is 2.43. The minimum atomic E-state index is -4.67. The second-order valence-corrected chi connectivity index (χ2v) is 5.38. The van der Waals surface area contributed by atoms with Crippen molar-refractivity contribution in [3.8, 4) is 11.1 Å². The van der Waals surface area contributed by atoms with E-state index in [4.69, 9.17) is 46.4 Å². The summed E-state index contributed by atoms with van der Waals surface area (Å²) in [5.41, 5.74) is -1.27. The molecule has 0 unspecified atom stereocenters. The molecule has 1 heterocycles. The summed E-state index contributed by atoms with van der Waals surface area (Å²) in [7, 11) is 0. The molecule has 0 spiro atoms. The molecule has 0 saturated heterocycles. The molecule has 0 radical (unpaired) electrons. The molecule has 0 aliphatic carbocycles. The molecule has 0 aliphatic rings. The average Bonchev–Trinajstić information content (AvgIpc) is 2.33. The van der Waals surface area contributed by atoms with E-state index in [1.54, 1.807) is 0 Å². The molecule has 1 nitrogen and oxygen atoms in total. The zero-order valence-electron chi connectivity index (χ0n) is 9.40. The van der Waals surface area contributed by atoms with Crippen LogP contribution in [0.25, 0.3) is 11.1 Å². The highest BCUT2D eigenvalue weighted by Crippen LogP contribution is 2.41. The summed E-state index contributed by atoms with van der Waals surface area (Å²) in [4.78, 5) is 3.32. The lowest BCUT2D eigenvalue weighted by Crippen LogP contribution is -2.10. The van der Waals surface area contributed by atoms with Crippen molar-refractivity contribution in [2.45, 2.75) is 6.18 Å². The van der Waals surface area contributed by atoms with Gasteiger partial charge in [-0.05, 0) is 24.3 Å². The molecule has 0 amide bonds. The highest BCUT2D eigenvalue weighted by Gasteiger charge is 2.36. The van der Waals surface area contributed by atoms with Gasteiger partial charge in [0.1, 0.15) is 5.15 Å². The highest BCUT2D eigenvalue weighted by atomic mass is 35.5. The summed E-state index contributed by atoms with van der Waals surface area (Å²) in [5.74, 6) is 0. The largest absolute Gasteiger partial charge is 0.434 e. The van der Waals surface area contributed by atoms with Crippen LogP contribution >= 0.6 is 46.4 Å². The molecule has 20 heavy (non-hydrogen) atoms. The Hall–Kier alpha value is -0.680. The number of aromatic nitrogens is 1. The molecule has 1 aromatic heterocycles. The van der Waals surface area contributed by atoms with Crippen LogP contribution in [0.5, 0.6) is 0 Å². The fraction of sp³-hybridized carbons (Fsp3) is 0.0833. The van der Waals surface area contributed by atoms with Gasteiger partial charge < -0.3 is 0 Å². The van der Waals surface area contributed by atoms with Crippen molar-refractivity contribution in [3.63, 3.8) is 0 Å². The first-order valence-electron chi connectivity index (χ1n) is 5.09. The monoisotopic (exact) mass is 359 g/mol. The van der Waals surface area contributed by atoms with Crippen LogP contribution in [0.3, 0.4) is 0 Å². The van der Waals surface area contributed by atoms with Gasteiger partial charge in [-0.3, -0.25) is 0 Å². The number of benzene rings is 1. The lowest BCUT2D eigenvalue weighted by atomic mass is 10.0. The quantitative estimate of drug-likeness (QED) is 0.424. The third kappa shape index (κ3) is 3.14. The van der Waals surface area contributed by atoms with E-state index in [0.717, 1.165) is 0 Å². The van der Waals surface area contributed by atoms with Crippen LogP contribution in [0.2, 0.25) is 20.2 Å². The van der Waals surface area contributed by atoms with Gasteiger partial charge in [-0.15, -0.1) is 0 Å². The first-order valence-corrected chi connectivity index (χ1v) is 6.60. The minimum absolute atomic E-state index is 0.0361. The van der Waals surface area contributed by atoms with Crippen molar-refractivity contribution in [2.75, 3.05) is 0 Å². The Bertz CT molecular complexity index is 670. The Balaban J connectivity index is 2.73. The topological polar surface area (TPSA) is 12.9 Å². The normalized spacial score (nSPS) is 11.8. The van der Waals surface area contributed by atoms with E-state index < -0.39 is 11.9 Å². The predicted octanol–water partition coefficient (Wildman–Crippen LogP) is 6.38. The van der Waals surface area contributed by atoms with Crippen LogP contribution in [0.4, 0.5) is 13.2 Å². The smallest absolute Gasteiger partial charge is 0.231 e. The molecule has 2 rings (SSSR count). The van der Waals surface area contributed by atoms with E-state index in [1.807, 2.05) is 0 Å². The highest BCUT2D eigenvalue weighted by molar-refractivity contribution is 6.44. The van der Waals surface area contributed by atoms with Crippen molar-refractivity contribution < 1.29 is 13.2 Å². The number of rotatable bonds is 1. The van der Waals surface area contributed by atoms with Crippen LogP contribution in [-0.4, -0.2) is 4.98 Å². The average molecular weight is 361 g/mol. The number of hydrogen-bond donors (Lipinski definition) is 0. The van der Waals surface area contributed by atoms with Gasteiger partial charge in [0, 0.05) is 11.1 Å². The summed E-state index contributed by atoms with van der Waals surface area (Å²) in [6.45, 7) is 0. The first-order chi connectivity index (χ1) is 9.20. The summed E-state index contributed by atoms with van der Waals surface area (Å²) in [6, 6.07) is 4.95. The number of hydrogen-bond acceptors (Lipinski definition) is 1. The molecule has 0 aliphatic heterocycles. The van der Waals surface area contributed by atoms with Gasteiger partial charge in [0.2, 0.25) is 0 Å². The Kier molecular flexibility index (Phi) is 4.40. The van der Waals surface area contributed by atoms with Crippen molar-refractivity contribution in [1.29, 1.82) is 0 Å². The third-order valence-corrected chi connectivity index (χ3v) is 3.68. The first kappa shape index (κ1) is 15.7. The molecule has 1 aromatic carbocycles. The maximum Gasteiger partial charge on any atom is 0.434 e. The Morgan fingerprint density at radius 1 is 0.800 bits per heavy atom. The molecule has 0 saturated carbocycles. The fourth-order valence-electron chi connectivity index (χ4n) is 1.60. The Morgan fingerprint density at radius 2 is 1.40 bits per heavy atom. The van der Waals surface area contributed by atoms with Crippen LogP contribution in [0, 0.1) is 0 Å². The fourth-order valence-corrected chi connectivity index (χ4v) is 2.39. The molecular weight excluding hydrogens is 357 g/mol. The van der Waals surface area contributed by atoms with Crippen LogP contribution < -0.4 is 0 Å². The van der Waals surface area contributed by atoms with Gasteiger partial charge in [0.25, 0.3) is 0 Å². The lowest BCUT2D eigenvalue weighted by Gasteiger charge is -2.14. The van der Waals surface area contributed by atoms with E-state index in [9.17, 15) is 13.2 Å². The summed E-state index contributed by atoms with van der Waals surface area (Å²) in [5, 5.41) is 0.0105. The van der Waals surface area contributed by atoms with Crippen molar-refractivity contribution in [3.05, 3.63) is 50.2 Å². The van der Waals surface area contributed by atoms with E-state index in [1.165, 1.54) is 24.3 Å². The van der Waals surface area contributed by atoms with Crippen LogP contribution in [0.15, 0.2) is 24.3 Å². The summed E-state index contributed by atoms with van der Waals surface area (Å²) in [6.07, 6.45) is -4.67. The second kappa shape index (κ2) is 5.60. The molecule has 2 aromatic rings. The van der Waals surface area contributed by atoms with Gasteiger partial charge in [0.05, 0.1) is 15.1 Å². The zero-order chi connectivity index (χ0) is 15.1. The molecular formula is C12H4Cl4F3N. The van der Waals surface area contributed by atoms with E-state index >= 15 is 0 Å². The van der Waals surface area contributed by atoms with Gasteiger partial charge in [-0.2, -0.15) is 13.2 Å². The molecule has 0 atom stereocenters. The lowest BCUT2D eigenvalue weighted by molar-refractivity contribution is -0.140. The SMILES string of the molecule is FC(F)(F)c1nc(Cl)ccc1-c1cc(Cl)c(Cl)cc1Cl. The van der Waals surface area contributed by atoms with Gasteiger partial charge in [-0.1, -0.05) is 46.4 Å². The number of pyridine rings is 1. The van der Waals surface area contributed by atoms with Gasteiger partial charge in [-0.25, -0.2) is 4.98 Å². The van der Waals surface area contributed by atoms with Gasteiger partial charge in [0.15, 0.2) is 5.69 Å². The Labute approximate surface area is 132 Å². The number of halogens is 7. The zero-order valence-corrected chi connectivity index (χ0v) is 12.4. The second-order valence-electron chi connectivity index (χ2n) is 3.77. The van der Waals surface area contributed by atoms with E-state index in [2.05, 4.69) is 4.98 Å². The summed E-state index contributed by atoms with van der Waals surface area (Å²) >= 11 is 23.0. The number of nitrogens with zero attached hydrogens (tertiary/aromatic N) is 1. The number of alkyl halides is 3. The van der Waals surface area contributed by atoms with Crippen LogP contribution in [0.1, 0.15) is 5.69 Å². The van der Waals surface area contributed by atoms with E-state index in [-0.39, 0.29) is 31.3 Å². The Morgan fingerprint density at radius 3 is 2.00 bits per heavy atom. The minimum Gasteiger partial charge on any atom is -0.231 e. The standard InChI is InChI=1S/C12H4Cl4F3N/c13-7-4-9(15)8(14)3-6(7)5-1-2-10(16)20-11(5)12(17,18)19/h1-4H. The molecule has 8 heteroatoms.